The molecule has 2 aromatic carbocycles. The molecular weight excluding hydrogens is 331 g/mol. The summed E-state index contributed by atoms with van der Waals surface area (Å²) in [6.45, 7) is 7.58. The molecule has 0 unspecified atom stereocenters. The number of carbonyl (C=O) groups excluding carboxylic acids is 2. The Morgan fingerprint density at radius 3 is 2.23 bits per heavy atom. The van der Waals surface area contributed by atoms with E-state index in [-0.39, 0.29) is 11.7 Å². The fourth-order valence-corrected chi connectivity index (χ4v) is 3.36. The van der Waals surface area contributed by atoms with Gasteiger partial charge in [-0.15, -0.1) is 0 Å². The molecule has 0 spiro atoms. The Balaban J connectivity index is 1.69. The Hall–Kier alpha value is -2.69. The maximum atomic E-state index is 14.3. The fraction of sp³-hybridized carbons (Fsp3) is 0.333. The normalized spacial score (nSPS) is 14.5. The molecule has 1 amide bonds. The fourth-order valence-electron chi connectivity index (χ4n) is 3.36. The Morgan fingerprint density at radius 1 is 0.962 bits per heavy atom. The van der Waals surface area contributed by atoms with Crippen molar-refractivity contribution in [2.75, 3.05) is 31.1 Å². The van der Waals surface area contributed by atoms with Gasteiger partial charge in [-0.2, -0.15) is 0 Å². The van der Waals surface area contributed by atoms with Crippen molar-refractivity contribution in [3.8, 4) is 0 Å². The minimum absolute atomic E-state index is 0.0227. The molecular formula is C21H23FN2O2. The lowest BCUT2D eigenvalue weighted by Crippen LogP contribution is -2.49. The maximum absolute atomic E-state index is 14.3. The van der Waals surface area contributed by atoms with E-state index in [9.17, 15) is 14.0 Å². The number of carbonyl (C=O) groups is 2. The molecule has 0 atom stereocenters. The van der Waals surface area contributed by atoms with Gasteiger partial charge in [0.05, 0.1) is 5.69 Å². The summed E-state index contributed by atoms with van der Waals surface area (Å²) in [4.78, 5) is 27.9. The average molecular weight is 354 g/mol. The van der Waals surface area contributed by atoms with E-state index >= 15 is 0 Å². The number of piperazine rings is 1. The van der Waals surface area contributed by atoms with E-state index in [1.54, 1.807) is 12.1 Å². The third-order valence-electron chi connectivity index (χ3n) is 4.87. The molecule has 3 rings (SSSR count). The minimum atomic E-state index is -0.396. The number of Topliss-reactive ketones (excluding diaryl/α,β-unsaturated/α-hetero) is 1. The van der Waals surface area contributed by atoms with Crippen LogP contribution in [0.4, 0.5) is 10.1 Å². The number of anilines is 1. The van der Waals surface area contributed by atoms with Crippen LogP contribution in [-0.4, -0.2) is 42.8 Å². The molecule has 0 aliphatic carbocycles. The standard InChI is InChI=1S/C21H23FN2O2/c1-14-4-6-18(15(2)12-14)21(26)24-10-8-23(9-11-24)20-7-5-17(16(3)25)13-19(20)22/h4-7,12-13H,8-11H2,1-3H3. The summed E-state index contributed by atoms with van der Waals surface area (Å²) in [7, 11) is 0. The minimum Gasteiger partial charge on any atom is -0.366 e. The van der Waals surface area contributed by atoms with E-state index in [1.807, 2.05) is 41.8 Å². The van der Waals surface area contributed by atoms with E-state index < -0.39 is 5.82 Å². The lowest BCUT2D eigenvalue weighted by molar-refractivity contribution is 0.0745. The molecule has 26 heavy (non-hydrogen) atoms. The van der Waals surface area contributed by atoms with Gasteiger partial charge in [0.1, 0.15) is 5.82 Å². The van der Waals surface area contributed by atoms with Gasteiger partial charge in [0, 0.05) is 37.3 Å². The topological polar surface area (TPSA) is 40.6 Å². The Kier molecular flexibility index (Phi) is 5.07. The Labute approximate surface area is 153 Å². The molecule has 0 aromatic heterocycles. The van der Waals surface area contributed by atoms with E-state index in [2.05, 4.69) is 0 Å². The molecule has 0 radical (unpaired) electrons. The first-order valence-corrected chi connectivity index (χ1v) is 8.79. The predicted octanol–water partition coefficient (Wildman–Crippen LogP) is 3.61. The average Bonchev–Trinajstić information content (AvgIpc) is 2.61. The van der Waals surface area contributed by atoms with Crippen molar-refractivity contribution >= 4 is 17.4 Å². The van der Waals surface area contributed by atoms with Crippen LogP contribution in [0.3, 0.4) is 0 Å². The van der Waals surface area contributed by atoms with Crippen LogP contribution in [-0.2, 0) is 0 Å². The summed E-state index contributed by atoms with van der Waals surface area (Å²) in [6, 6.07) is 10.4. The third kappa shape index (κ3) is 3.62. The van der Waals surface area contributed by atoms with Crippen molar-refractivity contribution in [2.45, 2.75) is 20.8 Å². The number of rotatable bonds is 3. The molecule has 0 saturated carbocycles. The monoisotopic (exact) mass is 354 g/mol. The first-order chi connectivity index (χ1) is 12.4. The van der Waals surface area contributed by atoms with Gasteiger partial charge >= 0.3 is 0 Å². The molecule has 4 nitrogen and oxygen atoms in total. The summed E-state index contributed by atoms with van der Waals surface area (Å²) >= 11 is 0. The van der Waals surface area contributed by atoms with Gasteiger partial charge in [0.15, 0.2) is 5.78 Å². The zero-order chi connectivity index (χ0) is 18.8. The Bertz CT molecular complexity index is 855. The van der Waals surface area contributed by atoms with Gasteiger partial charge in [-0.25, -0.2) is 4.39 Å². The Morgan fingerprint density at radius 2 is 1.65 bits per heavy atom. The largest absolute Gasteiger partial charge is 0.366 e. The number of aryl methyl sites for hydroxylation is 2. The van der Waals surface area contributed by atoms with E-state index in [4.69, 9.17) is 0 Å². The number of halogens is 1. The van der Waals surface area contributed by atoms with Gasteiger partial charge in [-0.1, -0.05) is 17.7 Å². The highest BCUT2D eigenvalue weighted by Crippen LogP contribution is 2.23. The van der Waals surface area contributed by atoms with Crippen molar-refractivity contribution in [2.24, 2.45) is 0 Å². The molecule has 1 aliphatic heterocycles. The van der Waals surface area contributed by atoms with Crippen LogP contribution in [0.25, 0.3) is 0 Å². The van der Waals surface area contributed by atoms with Crippen LogP contribution in [0.5, 0.6) is 0 Å². The molecule has 0 N–H and O–H groups in total. The van der Waals surface area contributed by atoms with Crippen molar-refractivity contribution in [3.63, 3.8) is 0 Å². The number of hydrogen-bond acceptors (Lipinski definition) is 3. The van der Waals surface area contributed by atoms with Gasteiger partial charge in [-0.05, 0) is 50.6 Å². The van der Waals surface area contributed by atoms with Crippen LogP contribution in [0.2, 0.25) is 0 Å². The smallest absolute Gasteiger partial charge is 0.254 e. The SMILES string of the molecule is CC(=O)c1ccc(N2CCN(C(=O)c3ccc(C)cc3C)CC2)c(F)c1. The van der Waals surface area contributed by atoms with Gasteiger partial charge in [-0.3, -0.25) is 9.59 Å². The summed E-state index contributed by atoms with van der Waals surface area (Å²) in [5, 5.41) is 0. The highest BCUT2D eigenvalue weighted by Gasteiger charge is 2.24. The predicted molar refractivity (Wildman–Crippen MR) is 100 cm³/mol. The first kappa shape index (κ1) is 18.1. The summed E-state index contributed by atoms with van der Waals surface area (Å²) in [5.41, 5.74) is 3.68. The quantitative estimate of drug-likeness (QED) is 0.791. The second-order valence-corrected chi connectivity index (χ2v) is 6.82. The molecule has 0 bridgehead atoms. The van der Waals surface area contributed by atoms with E-state index in [0.29, 0.717) is 37.4 Å². The lowest BCUT2D eigenvalue weighted by atomic mass is 10.0. The van der Waals surface area contributed by atoms with Crippen molar-refractivity contribution in [1.29, 1.82) is 0 Å². The molecule has 2 aromatic rings. The second kappa shape index (κ2) is 7.28. The van der Waals surface area contributed by atoms with Crippen LogP contribution in [0, 0.1) is 19.7 Å². The van der Waals surface area contributed by atoms with Gasteiger partial charge in [0.25, 0.3) is 5.91 Å². The first-order valence-electron chi connectivity index (χ1n) is 8.79. The van der Waals surface area contributed by atoms with Crippen LogP contribution < -0.4 is 4.90 Å². The van der Waals surface area contributed by atoms with E-state index in [1.165, 1.54) is 13.0 Å². The molecule has 1 fully saturated rings. The number of hydrogen-bond donors (Lipinski definition) is 0. The summed E-state index contributed by atoms with van der Waals surface area (Å²) in [5.74, 6) is -0.527. The molecule has 1 heterocycles. The van der Waals surface area contributed by atoms with Crippen molar-refractivity contribution in [3.05, 3.63) is 64.5 Å². The molecule has 1 saturated heterocycles. The third-order valence-corrected chi connectivity index (χ3v) is 4.87. The van der Waals surface area contributed by atoms with Crippen molar-refractivity contribution in [1.82, 2.24) is 4.90 Å². The molecule has 5 heteroatoms. The second-order valence-electron chi connectivity index (χ2n) is 6.82. The summed E-state index contributed by atoms with van der Waals surface area (Å²) < 4.78 is 14.3. The van der Waals surface area contributed by atoms with Crippen LogP contribution in [0.1, 0.15) is 38.8 Å². The van der Waals surface area contributed by atoms with Crippen LogP contribution in [0.15, 0.2) is 36.4 Å². The van der Waals surface area contributed by atoms with Crippen molar-refractivity contribution < 1.29 is 14.0 Å². The number of nitrogens with zero attached hydrogens (tertiary/aromatic N) is 2. The maximum Gasteiger partial charge on any atom is 0.254 e. The highest BCUT2D eigenvalue weighted by atomic mass is 19.1. The molecule has 1 aliphatic rings. The highest BCUT2D eigenvalue weighted by molar-refractivity contribution is 5.96. The number of amides is 1. The van der Waals surface area contributed by atoms with Crippen LogP contribution >= 0.6 is 0 Å². The zero-order valence-electron chi connectivity index (χ0n) is 15.4. The number of benzene rings is 2. The lowest BCUT2D eigenvalue weighted by Gasteiger charge is -2.36. The summed E-state index contributed by atoms with van der Waals surface area (Å²) in [6.07, 6.45) is 0. The van der Waals surface area contributed by atoms with Gasteiger partial charge in [0.2, 0.25) is 0 Å². The van der Waals surface area contributed by atoms with Gasteiger partial charge < -0.3 is 9.80 Å². The molecule has 136 valence electrons. The zero-order valence-corrected chi connectivity index (χ0v) is 15.4. The number of ketones is 1. The van der Waals surface area contributed by atoms with E-state index in [0.717, 1.165) is 16.7 Å².